The molecular formula is C7H11NO2. The molecule has 1 aliphatic rings. The molecule has 0 N–H and O–H groups in total. The molecule has 1 heterocycles. The number of piperidine rings is 1. The molecule has 1 aliphatic heterocycles. The second-order valence-corrected chi connectivity index (χ2v) is 2.65. The molecule has 3 nitrogen and oxygen atoms in total. The smallest absolute Gasteiger partial charge is 0.229 e. The third-order valence-corrected chi connectivity index (χ3v) is 1.89. The van der Waals surface area contributed by atoms with Crippen LogP contribution in [0.3, 0.4) is 0 Å². The Morgan fingerprint density at radius 3 is 2.80 bits per heavy atom. The minimum absolute atomic E-state index is 0.0336. The fourth-order valence-corrected chi connectivity index (χ4v) is 1.23. The van der Waals surface area contributed by atoms with Crippen LogP contribution in [0.4, 0.5) is 0 Å². The summed E-state index contributed by atoms with van der Waals surface area (Å²) in [4.78, 5) is 22.5. The Bertz CT molecular complexity index is 156. The summed E-state index contributed by atoms with van der Waals surface area (Å²) in [6.07, 6.45) is 3.03. The Kier molecular flexibility index (Phi) is 2.04. The largest absolute Gasteiger partial charge is 0.282 e. The number of carbonyl (C=O) groups is 2. The zero-order valence-electron chi connectivity index (χ0n) is 6.04. The molecule has 0 saturated carbocycles. The minimum atomic E-state index is -0.0336. The van der Waals surface area contributed by atoms with Crippen molar-refractivity contribution in [2.75, 3.05) is 0 Å². The van der Waals surface area contributed by atoms with Gasteiger partial charge in [-0.2, -0.15) is 0 Å². The van der Waals surface area contributed by atoms with Crippen LogP contribution in [0.15, 0.2) is 0 Å². The summed E-state index contributed by atoms with van der Waals surface area (Å²) in [5.41, 5.74) is 0. The lowest BCUT2D eigenvalue weighted by molar-refractivity contribution is -0.142. The number of hydrogen-bond acceptors (Lipinski definition) is 2. The molecule has 3 heteroatoms. The van der Waals surface area contributed by atoms with E-state index < -0.39 is 0 Å². The predicted octanol–water partition coefficient (Wildman–Crippen LogP) is 0.544. The van der Waals surface area contributed by atoms with Gasteiger partial charge < -0.3 is 0 Å². The van der Waals surface area contributed by atoms with Crippen molar-refractivity contribution in [3.05, 3.63) is 0 Å². The Morgan fingerprint density at radius 2 is 2.40 bits per heavy atom. The van der Waals surface area contributed by atoms with Crippen molar-refractivity contribution in [3.63, 3.8) is 0 Å². The van der Waals surface area contributed by atoms with E-state index in [0.29, 0.717) is 12.8 Å². The Balaban J connectivity index is 2.62. The lowest BCUT2D eigenvalue weighted by Gasteiger charge is -2.27. The predicted molar refractivity (Wildman–Crippen MR) is 36.2 cm³/mol. The summed E-state index contributed by atoms with van der Waals surface area (Å²) >= 11 is 0. The molecule has 0 bridgehead atoms. The first-order valence-electron chi connectivity index (χ1n) is 3.52. The monoisotopic (exact) mass is 141 g/mol. The van der Waals surface area contributed by atoms with Crippen LogP contribution in [0.5, 0.6) is 0 Å². The normalized spacial score (nSPS) is 26.7. The zero-order chi connectivity index (χ0) is 7.56. The van der Waals surface area contributed by atoms with E-state index in [0.717, 1.165) is 12.8 Å². The molecule has 1 fully saturated rings. The van der Waals surface area contributed by atoms with E-state index in [9.17, 15) is 9.59 Å². The second kappa shape index (κ2) is 2.82. The SMILES string of the molecule is CC1CCCC(=O)N1C=O. The van der Waals surface area contributed by atoms with Crippen molar-refractivity contribution in [2.45, 2.75) is 32.2 Å². The van der Waals surface area contributed by atoms with E-state index in [-0.39, 0.29) is 11.9 Å². The van der Waals surface area contributed by atoms with Crippen molar-refractivity contribution in [1.82, 2.24) is 4.90 Å². The van der Waals surface area contributed by atoms with Gasteiger partial charge in [0.15, 0.2) is 0 Å². The van der Waals surface area contributed by atoms with Gasteiger partial charge in [-0.05, 0) is 19.8 Å². The maximum atomic E-state index is 10.9. The van der Waals surface area contributed by atoms with Crippen molar-refractivity contribution in [2.24, 2.45) is 0 Å². The number of nitrogens with zero attached hydrogens (tertiary/aromatic N) is 1. The highest BCUT2D eigenvalue weighted by molar-refractivity contribution is 5.87. The third-order valence-electron chi connectivity index (χ3n) is 1.89. The summed E-state index contributed by atoms with van der Waals surface area (Å²) in [5.74, 6) is -0.0336. The Morgan fingerprint density at radius 1 is 1.70 bits per heavy atom. The minimum Gasteiger partial charge on any atom is -0.282 e. The molecule has 0 spiro atoms. The summed E-state index contributed by atoms with van der Waals surface area (Å²) in [6.45, 7) is 1.89. The molecule has 1 unspecified atom stereocenters. The van der Waals surface area contributed by atoms with Crippen LogP contribution in [0.2, 0.25) is 0 Å². The molecule has 0 aromatic rings. The first kappa shape index (κ1) is 7.25. The van der Waals surface area contributed by atoms with Gasteiger partial charge in [0.2, 0.25) is 12.3 Å². The molecule has 0 radical (unpaired) electrons. The Labute approximate surface area is 60.0 Å². The molecule has 0 aliphatic carbocycles. The number of likely N-dealkylation sites (tertiary alicyclic amines) is 1. The Hall–Kier alpha value is -0.860. The molecule has 0 aromatic heterocycles. The van der Waals surface area contributed by atoms with E-state index in [1.165, 1.54) is 4.90 Å². The molecule has 0 aromatic carbocycles. The first-order valence-corrected chi connectivity index (χ1v) is 3.52. The van der Waals surface area contributed by atoms with Gasteiger partial charge in [-0.3, -0.25) is 14.5 Å². The summed E-state index contributed by atoms with van der Waals surface area (Å²) < 4.78 is 0. The summed E-state index contributed by atoms with van der Waals surface area (Å²) in [6, 6.07) is 0.110. The number of imide groups is 1. The number of amides is 2. The summed E-state index contributed by atoms with van der Waals surface area (Å²) in [5, 5.41) is 0. The number of carbonyl (C=O) groups excluding carboxylic acids is 2. The van der Waals surface area contributed by atoms with Crippen LogP contribution in [0, 0.1) is 0 Å². The van der Waals surface area contributed by atoms with Crippen LogP contribution >= 0.6 is 0 Å². The molecule has 1 rings (SSSR count). The van der Waals surface area contributed by atoms with Crippen molar-refractivity contribution in [1.29, 1.82) is 0 Å². The maximum absolute atomic E-state index is 10.9. The van der Waals surface area contributed by atoms with E-state index in [1.807, 2.05) is 6.92 Å². The molecule has 2 amide bonds. The maximum Gasteiger partial charge on any atom is 0.229 e. The van der Waals surface area contributed by atoms with E-state index >= 15 is 0 Å². The molecule has 56 valence electrons. The second-order valence-electron chi connectivity index (χ2n) is 2.65. The first-order chi connectivity index (χ1) is 4.75. The van der Waals surface area contributed by atoms with Gasteiger partial charge in [-0.15, -0.1) is 0 Å². The van der Waals surface area contributed by atoms with Crippen LogP contribution in [-0.2, 0) is 9.59 Å². The molecule has 1 atom stereocenters. The lowest BCUT2D eigenvalue weighted by atomic mass is 10.0. The highest BCUT2D eigenvalue weighted by Crippen LogP contribution is 2.15. The fourth-order valence-electron chi connectivity index (χ4n) is 1.23. The van der Waals surface area contributed by atoms with Gasteiger partial charge in [-0.25, -0.2) is 0 Å². The third kappa shape index (κ3) is 1.17. The lowest BCUT2D eigenvalue weighted by Crippen LogP contribution is -2.40. The highest BCUT2D eigenvalue weighted by Gasteiger charge is 2.23. The van der Waals surface area contributed by atoms with Crippen LogP contribution in [0.1, 0.15) is 26.2 Å². The van der Waals surface area contributed by atoms with Gasteiger partial charge in [0, 0.05) is 12.5 Å². The van der Waals surface area contributed by atoms with E-state index in [2.05, 4.69) is 0 Å². The zero-order valence-corrected chi connectivity index (χ0v) is 6.04. The van der Waals surface area contributed by atoms with E-state index in [1.54, 1.807) is 0 Å². The molecule has 1 saturated heterocycles. The fraction of sp³-hybridized carbons (Fsp3) is 0.714. The molecular weight excluding hydrogens is 130 g/mol. The van der Waals surface area contributed by atoms with Gasteiger partial charge in [0.25, 0.3) is 0 Å². The molecule has 10 heavy (non-hydrogen) atoms. The quantitative estimate of drug-likeness (QED) is 0.500. The van der Waals surface area contributed by atoms with Gasteiger partial charge >= 0.3 is 0 Å². The van der Waals surface area contributed by atoms with Crippen molar-refractivity contribution < 1.29 is 9.59 Å². The topological polar surface area (TPSA) is 37.4 Å². The average molecular weight is 141 g/mol. The van der Waals surface area contributed by atoms with Crippen LogP contribution in [0.25, 0.3) is 0 Å². The van der Waals surface area contributed by atoms with Crippen LogP contribution in [-0.4, -0.2) is 23.3 Å². The highest BCUT2D eigenvalue weighted by atomic mass is 16.2. The van der Waals surface area contributed by atoms with Crippen molar-refractivity contribution >= 4 is 12.3 Å². The number of rotatable bonds is 1. The average Bonchev–Trinajstić information content (AvgIpc) is 1.88. The van der Waals surface area contributed by atoms with Gasteiger partial charge in [-0.1, -0.05) is 0 Å². The standard InChI is InChI=1S/C7H11NO2/c1-6-3-2-4-7(10)8(6)5-9/h5-6H,2-4H2,1H3. The summed E-state index contributed by atoms with van der Waals surface area (Å²) in [7, 11) is 0. The van der Waals surface area contributed by atoms with Crippen LogP contribution < -0.4 is 0 Å². The van der Waals surface area contributed by atoms with Gasteiger partial charge in [0.1, 0.15) is 0 Å². The van der Waals surface area contributed by atoms with E-state index in [4.69, 9.17) is 0 Å². The van der Waals surface area contributed by atoms with Crippen molar-refractivity contribution in [3.8, 4) is 0 Å². The number of hydrogen-bond donors (Lipinski definition) is 0. The van der Waals surface area contributed by atoms with Gasteiger partial charge in [0.05, 0.1) is 0 Å².